The van der Waals surface area contributed by atoms with E-state index >= 15 is 0 Å². The van der Waals surface area contributed by atoms with E-state index in [1.54, 1.807) is 7.05 Å². The fourth-order valence-electron chi connectivity index (χ4n) is 3.65. The lowest BCUT2D eigenvalue weighted by Gasteiger charge is -2.36. The van der Waals surface area contributed by atoms with Gasteiger partial charge >= 0.3 is 0 Å². The Morgan fingerprint density at radius 2 is 1.92 bits per heavy atom. The van der Waals surface area contributed by atoms with Crippen molar-refractivity contribution in [3.05, 3.63) is 47.3 Å². The van der Waals surface area contributed by atoms with Gasteiger partial charge in [-0.05, 0) is 49.1 Å². The van der Waals surface area contributed by atoms with Gasteiger partial charge in [-0.3, -0.25) is 9.69 Å². The fraction of sp³-hybridized carbons (Fsp3) is 0.474. The molecule has 126 valence electrons. The summed E-state index contributed by atoms with van der Waals surface area (Å²) in [6.45, 7) is 2.28. The second-order valence-corrected chi connectivity index (χ2v) is 6.79. The van der Waals surface area contributed by atoms with Crippen LogP contribution in [0, 0.1) is 0 Å². The number of aromatic nitrogens is 2. The molecule has 1 aliphatic carbocycles. The van der Waals surface area contributed by atoms with Crippen LogP contribution < -0.4 is 5.32 Å². The second kappa shape index (κ2) is 6.40. The molecule has 0 bridgehead atoms. The van der Waals surface area contributed by atoms with Gasteiger partial charge in [0.15, 0.2) is 0 Å². The number of nitrogens with zero attached hydrogens (tertiary/aromatic N) is 3. The number of rotatable bonds is 3. The van der Waals surface area contributed by atoms with E-state index in [1.165, 1.54) is 30.5 Å². The molecule has 1 aliphatic heterocycles. The molecule has 1 saturated carbocycles. The largest absolute Gasteiger partial charge is 0.355 e. The standard InChI is InChI=1S/C19H24N4O/c1-20-19(24)14-5-7-17(8-6-14)23-13-15-9-11-22(16-3-2-4-16)12-10-18(15)21-23/h5-8,13,16H,2-4,9-12H2,1H3,(H,20,24). The summed E-state index contributed by atoms with van der Waals surface area (Å²) in [5, 5.41) is 7.45. The quantitative estimate of drug-likeness (QED) is 0.941. The summed E-state index contributed by atoms with van der Waals surface area (Å²) >= 11 is 0. The molecule has 5 heteroatoms. The zero-order valence-corrected chi connectivity index (χ0v) is 14.2. The summed E-state index contributed by atoms with van der Waals surface area (Å²) in [6.07, 6.45) is 8.42. The van der Waals surface area contributed by atoms with Crippen LogP contribution in [0.3, 0.4) is 0 Å². The van der Waals surface area contributed by atoms with Crippen LogP contribution >= 0.6 is 0 Å². The van der Waals surface area contributed by atoms with Crippen LogP contribution in [0.15, 0.2) is 30.5 Å². The number of hydrogen-bond donors (Lipinski definition) is 1. The summed E-state index contributed by atoms with van der Waals surface area (Å²) in [7, 11) is 1.65. The molecular formula is C19H24N4O. The highest BCUT2D eigenvalue weighted by molar-refractivity contribution is 5.94. The molecular weight excluding hydrogens is 300 g/mol. The molecule has 2 aliphatic rings. The van der Waals surface area contributed by atoms with E-state index in [0.717, 1.165) is 37.7 Å². The highest BCUT2D eigenvalue weighted by Crippen LogP contribution is 2.27. The van der Waals surface area contributed by atoms with Crippen LogP contribution in [-0.4, -0.2) is 46.8 Å². The zero-order valence-electron chi connectivity index (χ0n) is 14.2. The Kier molecular flexibility index (Phi) is 4.10. The Hall–Kier alpha value is -2.14. The summed E-state index contributed by atoms with van der Waals surface area (Å²) in [5.41, 5.74) is 4.28. The third-order valence-corrected chi connectivity index (χ3v) is 5.39. The first-order valence-corrected chi connectivity index (χ1v) is 8.88. The number of fused-ring (bicyclic) bond motifs is 1. The molecule has 2 heterocycles. The van der Waals surface area contributed by atoms with Gasteiger partial charge in [0.1, 0.15) is 0 Å². The van der Waals surface area contributed by atoms with Crippen molar-refractivity contribution in [3.63, 3.8) is 0 Å². The van der Waals surface area contributed by atoms with Gasteiger partial charge in [0, 0.05) is 44.4 Å². The number of carbonyl (C=O) groups excluding carboxylic acids is 1. The molecule has 4 rings (SSSR count). The zero-order chi connectivity index (χ0) is 16.5. The first-order chi connectivity index (χ1) is 11.7. The molecule has 1 aromatic heterocycles. The molecule has 2 aromatic rings. The Morgan fingerprint density at radius 3 is 2.58 bits per heavy atom. The molecule has 24 heavy (non-hydrogen) atoms. The van der Waals surface area contributed by atoms with E-state index in [1.807, 2.05) is 28.9 Å². The molecule has 1 N–H and O–H groups in total. The van der Waals surface area contributed by atoms with Gasteiger partial charge in [0.25, 0.3) is 5.91 Å². The lowest BCUT2D eigenvalue weighted by Crippen LogP contribution is -2.41. The molecule has 1 aromatic carbocycles. The van der Waals surface area contributed by atoms with Gasteiger partial charge in [-0.1, -0.05) is 6.42 Å². The smallest absolute Gasteiger partial charge is 0.251 e. The Bertz CT molecular complexity index is 705. The minimum Gasteiger partial charge on any atom is -0.355 e. The van der Waals surface area contributed by atoms with E-state index in [2.05, 4.69) is 16.4 Å². The SMILES string of the molecule is CNC(=O)c1ccc(-n2cc3c(n2)CCN(C2CCC2)CC3)cc1. The number of benzene rings is 1. The number of hydrogen-bond acceptors (Lipinski definition) is 3. The van der Waals surface area contributed by atoms with E-state index in [4.69, 9.17) is 5.10 Å². The molecule has 0 atom stereocenters. The second-order valence-electron chi connectivity index (χ2n) is 6.79. The molecule has 0 unspecified atom stereocenters. The average Bonchev–Trinajstić information content (AvgIpc) is 2.89. The third-order valence-electron chi connectivity index (χ3n) is 5.39. The van der Waals surface area contributed by atoms with Crippen LogP contribution in [0.4, 0.5) is 0 Å². The van der Waals surface area contributed by atoms with Crippen molar-refractivity contribution in [2.75, 3.05) is 20.1 Å². The predicted octanol–water partition coefficient (Wildman–Crippen LogP) is 2.18. The maximum absolute atomic E-state index is 11.6. The Morgan fingerprint density at radius 1 is 1.17 bits per heavy atom. The first kappa shape index (κ1) is 15.4. The van der Waals surface area contributed by atoms with Crippen molar-refractivity contribution in [2.45, 2.75) is 38.1 Å². The Balaban J connectivity index is 1.50. The maximum Gasteiger partial charge on any atom is 0.251 e. The van der Waals surface area contributed by atoms with Gasteiger partial charge in [0.05, 0.1) is 11.4 Å². The minimum atomic E-state index is -0.0612. The first-order valence-electron chi connectivity index (χ1n) is 8.88. The monoisotopic (exact) mass is 324 g/mol. The molecule has 1 amide bonds. The highest BCUT2D eigenvalue weighted by Gasteiger charge is 2.27. The van der Waals surface area contributed by atoms with Crippen molar-refractivity contribution in [1.29, 1.82) is 0 Å². The normalized spacial score (nSPS) is 18.5. The van der Waals surface area contributed by atoms with Crippen molar-refractivity contribution in [3.8, 4) is 5.69 Å². The number of carbonyl (C=O) groups is 1. The van der Waals surface area contributed by atoms with Gasteiger partial charge in [-0.2, -0.15) is 5.10 Å². The highest BCUT2D eigenvalue weighted by atomic mass is 16.1. The van der Waals surface area contributed by atoms with Crippen LogP contribution in [0.5, 0.6) is 0 Å². The average molecular weight is 324 g/mol. The summed E-state index contributed by atoms with van der Waals surface area (Å²) in [4.78, 5) is 14.3. The van der Waals surface area contributed by atoms with E-state index in [9.17, 15) is 4.79 Å². The lowest BCUT2D eigenvalue weighted by atomic mass is 9.91. The molecule has 5 nitrogen and oxygen atoms in total. The van der Waals surface area contributed by atoms with Crippen molar-refractivity contribution in [2.24, 2.45) is 0 Å². The number of amides is 1. The van der Waals surface area contributed by atoms with Crippen molar-refractivity contribution < 1.29 is 4.79 Å². The van der Waals surface area contributed by atoms with Gasteiger partial charge in [0.2, 0.25) is 0 Å². The third kappa shape index (κ3) is 2.84. The van der Waals surface area contributed by atoms with Crippen molar-refractivity contribution >= 4 is 5.91 Å². The molecule has 0 saturated heterocycles. The van der Waals surface area contributed by atoms with Gasteiger partial charge in [-0.25, -0.2) is 4.68 Å². The van der Waals surface area contributed by atoms with Gasteiger partial charge < -0.3 is 5.32 Å². The van der Waals surface area contributed by atoms with E-state index in [0.29, 0.717) is 5.56 Å². The topological polar surface area (TPSA) is 50.2 Å². The van der Waals surface area contributed by atoms with Crippen LogP contribution in [-0.2, 0) is 12.8 Å². The van der Waals surface area contributed by atoms with E-state index < -0.39 is 0 Å². The molecule has 0 spiro atoms. The van der Waals surface area contributed by atoms with Gasteiger partial charge in [-0.15, -0.1) is 0 Å². The molecule has 0 radical (unpaired) electrons. The predicted molar refractivity (Wildman–Crippen MR) is 93.6 cm³/mol. The minimum absolute atomic E-state index is 0.0612. The molecule has 1 fully saturated rings. The number of nitrogens with one attached hydrogen (secondary N) is 1. The summed E-state index contributed by atoms with van der Waals surface area (Å²) in [6, 6.07) is 8.42. The summed E-state index contributed by atoms with van der Waals surface area (Å²) in [5.74, 6) is -0.0612. The lowest BCUT2D eigenvalue weighted by molar-refractivity contribution is 0.0963. The van der Waals surface area contributed by atoms with Crippen LogP contribution in [0.1, 0.15) is 40.9 Å². The van der Waals surface area contributed by atoms with Crippen LogP contribution in [0.2, 0.25) is 0 Å². The Labute approximate surface area is 142 Å². The summed E-state index contributed by atoms with van der Waals surface area (Å²) < 4.78 is 1.96. The van der Waals surface area contributed by atoms with E-state index in [-0.39, 0.29) is 5.91 Å². The van der Waals surface area contributed by atoms with Crippen molar-refractivity contribution in [1.82, 2.24) is 20.0 Å². The van der Waals surface area contributed by atoms with Crippen LogP contribution in [0.25, 0.3) is 5.69 Å². The maximum atomic E-state index is 11.6. The fourth-order valence-corrected chi connectivity index (χ4v) is 3.65.